The molecule has 3 aromatic heterocycles. The Hall–Kier alpha value is -3.97. The second-order valence-corrected chi connectivity index (χ2v) is 10.1. The van der Waals surface area contributed by atoms with E-state index >= 15 is 0 Å². The average Bonchev–Trinajstić information content (AvgIpc) is 3.39. The molecule has 0 fully saturated rings. The van der Waals surface area contributed by atoms with Crippen molar-refractivity contribution in [3.8, 4) is 22.4 Å². The Morgan fingerprint density at radius 1 is 0.794 bits per heavy atom. The monoisotopic (exact) mass is 469 g/mol. The Balaban J connectivity index is 1.64. The Bertz CT molecular complexity index is 1620. The first kappa shape index (κ1) is 21.9. The van der Waals surface area contributed by atoms with E-state index in [1.54, 1.807) is 54.8 Å². The highest BCUT2D eigenvalue weighted by Gasteiger charge is 2.22. The van der Waals surface area contributed by atoms with Crippen LogP contribution in [0.4, 0.5) is 0 Å². The Labute approximate surface area is 198 Å². The molecule has 0 radical (unpaired) electrons. The maximum absolute atomic E-state index is 13.2. The maximum atomic E-state index is 13.2. The number of pyridine rings is 1. The topological polar surface area (TPSA) is 73.4 Å². The van der Waals surface area contributed by atoms with Gasteiger partial charge in [-0.1, -0.05) is 42.5 Å². The Morgan fingerprint density at radius 3 is 2.03 bits per heavy atom. The second-order valence-electron chi connectivity index (χ2n) is 8.30. The first-order valence-electron chi connectivity index (χ1n) is 10.9. The van der Waals surface area contributed by atoms with E-state index in [1.165, 1.54) is 10.9 Å². The quantitative estimate of drug-likeness (QED) is 0.318. The largest absolute Gasteiger partial charge is 0.295 e. The van der Waals surface area contributed by atoms with Gasteiger partial charge in [0.25, 0.3) is 10.0 Å². The van der Waals surface area contributed by atoms with Gasteiger partial charge in [-0.05, 0) is 62.7 Å². The van der Waals surface area contributed by atoms with Crippen LogP contribution >= 0.6 is 0 Å². The minimum Gasteiger partial charge on any atom is -0.295 e. The highest BCUT2D eigenvalue weighted by molar-refractivity contribution is 7.90. The van der Waals surface area contributed by atoms with Gasteiger partial charge in [0, 0.05) is 34.3 Å². The van der Waals surface area contributed by atoms with Gasteiger partial charge < -0.3 is 0 Å². The molecule has 34 heavy (non-hydrogen) atoms. The van der Waals surface area contributed by atoms with Crippen LogP contribution < -0.4 is 0 Å². The molecule has 0 bridgehead atoms. The molecule has 0 unspecified atom stereocenters. The SMILES string of the molecule is CC(=O)c1ccc(-c2nn3ccccc3c2-c2ccc(S(=O)(=O)n3c(C)ccc3C)cc2)cc1. The van der Waals surface area contributed by atoms with Gasteiger partial charge in [0.1, 0.15) is 5.69 Å². The van der Waals surface area contributed by atoms with E-state index in [0.29, 0.717) is 17.0 Å². The summed E-state index contributed by atoms with van der Waals surface area (Å²) in [7, 11) is -3.70. The van der Waals surface area contributed by atoms with Gasteiger partial charge in [0.15, 0.2) is 5.78 Å². The number of hydrogen-bond donors (Lipinski definition) is 0. The lowest BCUT2D eigenvalue weighted by atomic mass is 9.98. The highest BCUT2D eigenvalue weighted by Crippen LogP contribution is 2.36. The molecule has 0 aliphatic heterocycles. The number of fused-ring (bicyclic) bond motifs is 1. The Kier molecular flexibility index (Phi) is 5.21. The molecule has 3 heterocycles. The molecule has 0 atom stereocenters. The number of hydrogen-bond acceptors (Lipinski definition) is 4. The van der Waals surface area contributed by atoms with Crippen LogP contribution in [-0.2, 0) is 10.0 Å². The molecule has 2 aromatic carbocycles. The van der Waals surface area contributed by atoms with E-state index in [0.717, 1.165) is 27.9 Å². The maximum Gasteiger partial charge on any atom is 0.268 e. The van der Waals surface area contributed by atoms with Crippen molar-refractivity contribution in [3.63, 3.8) is 0 Å². The van der Waals surface area contributed by atoms with Crippen LogP contribution in [0.25, 0.3) is 27.9 Å². The number of rotatable bonds is 5. The summed E-state index contributed by atoms with van der Waals surface area (Å²) in [6.07, 6.45) is 1.88. The zero-order valence-electron chi connectivity index (χ0n) is 19.1. The molecule has 0 spiro atoms. The van der Waals surface area contributed by atoms with Crippen molar-refractivity contribution < 1.29 is 13.2 Å². The molecule has 0 amide bonds. The van der Waals surface area contributed by atoms with Crippen molar-refractivity contribution in [1.29, 1.82) is 0 Å². The summed E-state index contributed by atoms with van der Waals surface area (Å²) in [5.41, 5.74) is 6.26. The summed E-state index contributed by atoms with van der Waals surface area (Å²) in [4.78, 5) is 11.9. The van der Waals surface area contributed by atoms with Crippen LogP contribution in [0, 0.1) is 13.8 Å². The van der Waals surface area contributed by atoms with E-state index in [2.05, 4.69) is 0 Å². The summed E-state index contributed by atoms with van der Waals surface area (Å²) in [5, 5.41) is 4.78. The lowest BCUT2D eigenvalue weighted by Gasteiger charge is -2.11. The first-order valence-corrected chi connectivity index (χ1v) is 12.3. The second kappa shape index (κ2) is 8.11. The van der Waals surface area contributed by atoms with E-state index in [4.69, 9.17) is 5.10 Å². The van der Waals surface area contributed by atoms with Crippen LogP contribution in [0.3, 0.4) is 0 Å². The van der Waals surface area contributed by atoms with E-state index in [9.17, 15) is 13.2 Å². The molecule has 5 aromatic rings. The zero-order chi connectivity index (χ0) is 24.0. The van der Waals surface area contributed by atoms with E-state index in [-0.39, 0.29) is 10.7 Å². The molecule has 7 heteroatoms. The van der Waals surface area contributed by atoms with Crippen LogP contribution in [0.5, 0.6) is 0 Å². The molecule has 0 saturated carbocycles. The number of carbonyl (C=O) groups excluding carboxylic acids is 1. The van der Waals surface area contributed by atoms with Gasteiger partial charge in [-0.3, -0.25) is 4.79 Å². The van der Waals surface area contributed by atoms with Gasteiger partial charge >= 0.3 is 0 Å². The van der Waals surface area contributed by atoms with Crippen molar-refractivity contribution in [2.75, 3.05) is 0 Å². The van der Waals surface area contributed by atoms with Crippen molar-refractivity contribution >= 4 is 21.3 Å². The summed E-state index contributed by atoms with van der Waals surface area (Å²) in [6.45, 7) is 5.10. The third kappa shape index (κ3) is 3.54. The molecular weight excluding hydrogens is 446 g/mol. The number of aryl methyl sites for hydroxylation is 2. The predicted molar refractivity (Wildman–Crippen MR) is 133 cm³/mol. The standard InChI is InChI=1S/C27H23N3O3S/c1-18-7-8-19(2)30(18)34(32,33)24-15-13-22(14-16-24)26-25-6-4-5-17-29(25)28-27(26)23-11-9-21(10-12-23)20(3)31/h4-17H,1-3H3. The fourth-order valence-electron chi connectivity index (χ4n) is 4.28. The van der Waals surface area contributed by atoms with Crippen LogP contribution in [0.2, 0.25) is 0 Å². The van der Waals surface area contributed by atoms with Crippen molar-refractivity contribution in [2.24, 2.45) is 0 Å². The molecule has 0 aliphatic carbocycles. The summed E-state index contributed by atoms with van der Waals surface area (Å²) in [5.74, 6) is 0.00624. The zero-order valence-corrected chi connectivity index (χ0v) is 19.9. The molecule has 0 aliphatic rings. The number of benzene rings is 2. The number of ketones is 1. The highest BCUT2D eigenvalue weighted by atomic mass is 32.2. The summed E-state index contributed by atoms with van der Waals surface area (Å²) in [6, 6.07) is 23.7. The molecule has 6 nitrogen and oxygen atoms in total. The predicted octanol–water partition coefficient (Wildman–Crippen LogP) is 5.53. The van der Waals surface area contributed by atoms with Crippen LogP contribution in [0.1, 0.15) is 28.7 Å². The molecule has 0 N–H and O–H groups in total. The fourth-order valence-corrected chi connectivity index (χ4v) is 5.85. The van der Waals surface area contributed by atoms with Crippen molar-refractivity contribution in [2.45, 2.75) is 25.7 Å². The van der Waals surface area contributed by atoms with Gasteiger partial charge in [-0.15, -0.1) is 0 Å². The fraction of sp³-hybridized carbons (Fsp3) is 0.111. The van der Waals surface area contributed by atoms with Crippen LogP contribution in [0.15, 0.2) is 90.0 Å². The first-order chi connectivity index (χ1) is 16.3. The lowest BCUT2D eigenvalue weighted by Crippen LogP contribution is -2.15. The summed E-state index contributed by atoms with van der Waals surface area (Å²) >= 11 is 0. The third-order valence-electron chi connectivity index (χ3n) is 5.99. The number of nitrogens with zero attached hydrogens (tertiary/aromatic N) is 3. The molecule has 5 rings (SSSR count). The minimum atomic E-state index is -3.70. The summed E-state index contributed by atoms with van der Waals surface area (Å²) < 4.78 is 29.6. The van der Waals surface area contributed by atoms with E-state index < -0.39 is 10.0 Å². The molecule has 0 saturated heterocycles. The van der Waals surface area contributed by atoms with Crippen molar-refractivity contribution in [3.05, 3.63) is 102 Å². The normalized spacial score (nSPS) is 11.7. The van der Waals surface area contributed by atoms with Gasteiger partial charge in [-0.25, -0.2) is 16.9 Å². The lowest BCUT2D eigenvalue weighted by molar-refractivity contribution is 0.101. The van der Waals surface area contributed by atoms with E-state index in [1.807, 2.05) is 48.7 Å². The number of aromatic nitrogens is 3. The molecular formula is C27H23N3O3S. The number of Topliss-reactive ketones (excluding diaryl/α,β-unsaturated/α-hetero) is 1. The third-order valence-corrected chi connectivity index (χ3v) is 7.92. The minimum absolute atomic E-state index is 0.00624. The van der Waals surface area contributed by atoms with Gasteiger partial charge in [0.05, 0.1) is 10.4 Å². The molecule has 170 valence electrons. The number of carbonyl (C=O) groups is 1. The van der Waals surface area contributed by atoms with Gasteiger partial charge in [-0.2, -0.15) is 5.10 Å². The van der Waals surface area contributed by atoms with Crippen LogP contribution in [-0.4, -0.2) is 27.8 Å². The average molecular weight is 470 g/mol. The Morgan fingerprint density at radius 2 is 1.41 bits per heavy atom. The smallest absolute Gasteiger partial charge is 0.268 e. The van der Waals surface area contributed by atoms with Gasteiger partial charge in [0.2, 0.25) is 0 Å². The van der Waals surface area contributed by atoms with Crippen molar-refractivity contribution in [1.82, 2.24) is 13.6 Å².